The van der Waals surface area contributed by atoms with Gasteiger partial charge in [-0.25, -0.2) is 4.79 Å². The highest BCUT2D eigenvalue weighted by Crippen LogP contribution is 2.26. The second-order valence-corrected chi connectivity index (χ2v) is 6.84. The van der Waals surface area contributed by atoms with Gasteiger partial charge in [0.25, 0.3) is 5.91 Å². The minimum atomic E-state index is -1.28. The van der Waals surface area contributed by atoms with Crippen LogP contribution in [-0.4, -0.2) is 26.7 Å². The lowest BCUT2D eigenvalue weighted by atomic mass is 10.1. The van der Waals surface area contributed by atoms with E-state index < -0.39 is 5.97 Å². The molecule has 1 aliphatic rings. The molecule has 0 saturated carbocycles. The zero-order valence-corrected chi connectivity index (χ0v) is 16.0. The molecular formula is C21H17N4O4-. The van der Waals surface area contributed by atoms with E-state index in [0.29, 0.717) is 17.0 Å². The summed E-state index contributed by atoms with van der Waals surface area (Å²) in [7, 11) is 3.41. The average molecular weight is 389 g/mol. The fourth-order valence-electron chi connectivity index (χ4n) is 3.38. The number of anilines is 1. The molecule has 0 fully saturated rings. The van der Waals surface area contributed by atoms with Crippen LogP contribution in [0.1, 0.15) is 22.8 Å². The first-order valence-electron chi connectivity index (χ1n) is 8.86. The van der Waals surface area contributed by atoms with Crippen molar-refractivity contribution in [2.45, 2.75) is 6.92 Å². The Labute approximate surface area is 165 Å². The van der Waals surface area contributed by atoms with Crippen molar-refractivity contribution in [3.8, 4) is 0 Å². The number of amides is 1. The van der Waals surface area contributed by atoms with Crippen molar-refractivity contribution in [1.29, 1.82) is 0 Å². The highest BCUT2D eigenvalue weighted by molar-refractivity contribution is 6.32. The molecule has 0 atom stereocenters. The van der Waals surface area contributed by atoms with Crippen LogP contribution < -0.4 is 15.8 Å². The van der Waals surface area contributed by atoms with Crippen LogP contribution in [0.4, 0.5) is 5.69 Å². The van der Waals surface area contributed by atoms with Gasteiger partial charge in [-0.3, -0.25) is 13.9 Å². The smallest absolute Gasteiger partial charge is 0.328 e. The molecule has 8 nitrogen and oxygen atoms in total. The lowest BCUT2D eigenvalue weighted by Crippen LogP contribution is -2.23. The minimum absolute atomic E-state index is 0.0265. The first-order valence-corrected chi connectivity index (χ1v) is 8.86. The first-order chi connectivity index (χ1) is 13.8. The van der Waals surface area contributed by atoms with Gasteiger partial charge in [0.05, 0.1) is 34.0 Å². The molecule has 4 rings (SSSR count). The van der Waals surface area contributed by atoms with Gasteiger partial charge in [0.15, 0.2) is 0 Å². The number of aromatic carboxylic acids is 1. The van der Waals surface area contributed by atoms with Crippen LogP contribution in [0.25, 0.3) is 17.1 Å². The van der Waals surface area contributed by atoms with Crippen molar-refractivity contribution < 1.29 is 14.7 Å². The van der Waals surface area contributed by atoms with Crippen molar-refractivity contribution in [3.05, 3.63) is 69.6 Å². The van der Waals surface area contributed by atoms with Gasteiger partial charge in [-0.15, -0.1) is 0 Å². The normalized spacial score (nSPS) is 15.4. The molecule has 0 spiro atoms. The molecule has 3 aromatic rings. The minimum Gasteiger partial charge on any atom is -0.545 e. The maximum absolute atomic E-state index is 12.9. The summed E-state index contributed by atoms with van der Waals surface area (Å²) in [5, 5.41) is 16.4. The fourth-order valence-corrected chi connectivity index (χ4v) is 3.38. The third-order valence-electron chi connectivity index (χ3n) is 5.02. The highest BCUT2D eigenvalue weighted by atomic mass is 16.4. The van der Waals surface area contributed by atoms with Crippen molar-refractivity contribution in [2.75, 3.05) is 5.01 Å². The van der Waals surface area contributed by atoms with Gasteiger partial charge in [0.1, 0.15) is 0 Å². The van der Waals surface area contributed by atoms with E-state index in [1.165, 1.54) is 29.3 Å². The predicted molar refractivity (Wildman–Crippen MR) is 108 cm³/mol. The summed E-state index contributed by atoms with van der Waals surface area (Å²) in [6, 6.07) is 11.3. The Morgan fingerprint density at radius 3 is 2.31 bits per heavy atom. The van der Waals surface area contributed by atoms with Crippen LogP contribution in [0.2, 0.25) is 0 Å². The Morgan fingerprint density at radius 2 is 1.66 bits per heavy atom. The summed E-state index contributed by atoms with van der Waals surface area (Å²) in [6.07, 6.45) is 1.73. The summed E-state index contributed by atoms with van der Waals surface area (Å²) in [5.74, 6) is -1.60. The summed E-state index contributed by atoms with van der Waals surface area (Å²) < 4.78 is 3.12. The number of hydrogen-bond donors (Lipinski definition) is 0. The van der Waals surface area contributed by atoms with Crippen LogP contribution >= 0.6 is 0 Å². The molecule has 0 N–H and O–H groups in total. The molecular weight excluding hydrogens is 372 g/mol. The van der Waals surface area contributed by atoms with E-state index >= 15 is 0 Å². The standard InChI is InChI=1S/C21H18N4O4/c1-12-16(10-13-4-9-17-18(11-13)24(3)21(29)23(17)2)19(26)25(22-12)15-7-5-14(6-8-15)20(27)28/h4-11H,1-3H3,(H,27,28)/p-1/b16-10-. The molecule has 146 valence electrons. The molecule has 1 aromatic heterocycles. The summed E-state index contributed by atoms with van der Waals surface area (Å²) in [6.45, 7) is 1.73. The van der Waals surface area contributed by atoms with Crippen molar-refractivity contribution in [2.24, 2.45) is 19.2 Å². The fraction of sp³-hybridized carbons (Fsp3) is 0.143. The topological polar surface area (TPSA) is 99.7 Å². The zero-order chi connectivity index (χ0) is 20.9. The predicted octanol–water partition coefficient (Wildman–Crippen LogP) is 1.05. The van der Waals surface area contributed by atoms with Gasteiger partial charge in [0.2, 0.25) is 0 Å². The maximum Gasteiger partial charge on any atom is 0.328 e. The Balaban J connectivity index is 1.70. The van der Waals surface area contributed by atoms with Gasteiger partial charge in [-0.2, -0.15) is 10.1 Å². The van der Waals surface area contributed by atoms with Gasteiger partial charge in [0, 0.05) is 14.1 Å². The summed E-state index contributed by atoms with van der Waals surface area (Å²) in [5.41, 5.74) is 3.67. The number of rotatable bonds is 3. The van der Waals surface area contributed by atoms with E-state index in [1.807, 2.05) is 18.2 Å². The lowest BCUT2D eigenvalue weighted by molar-refractivity contribution is -0.255. The van der Waals surface area contributed by atoms with Crippen LogP contribution in [0.15, 0.2) is 57.9 Å². The van der Waals surface area contributed by atoms with E-state index in [4.69, 9.17) is 0 Å². The summed E-state index contributed by atoms with van der Waals surface area (Å²) >= 11 is 0. The van der Waals surface area contributed by atoms with E-state index in [-0.39, 0.29) is 17.2 Å². The molecule has 8 heteroatoms. The molecule has 1 amide bonds. The molecule has 0 saturated heterocycles. The van der Waals surface area contributed by atoms with E-state index in [1.54, 1.807) is 36.2 Å². The molecule has 2 heterocycles. The first kappa shape index (κ1) is 18.4. The Bertz CT molecular complexity index is 1290. The Hall–Kier alpha value is -3.94. The molecule has 0 radical (unpaired) electrons. The van der Waals surface area contributed by atoms with Crippen molar-refractivity contribution in [1.82, 2.24) is 9.13 Å². The number of aromatic nitrogens is 2. The van der Waals surface area contributed by atoms with E-state index in [2.05, 4.69) is 5.10 Å². The van der Waals surface area contributed by atoms with Crippen LogP contribution in [-0.2, 0) is 18.9 Å². The van der Waals surface area contributed by atoms with Crippen molar-refractivity contribution >= 4 is 40.4 Å². The maximum atomic E-state index is 12.9. The Kier molecular flexibility index (Phi) is 4.19. The number of carbonyl (C=O) groups is 2. The second-order valence-electron chi connectivity index (χ2n) is 6.84. The van der Waals surface area contributed by atoms with E-state index in [9.17, 15) is 19.5 Å². The summed E-state index contributed by atoms with van der Waals surface area (Å²) in [4.78, 5) is 35.9. The van der Waals surface area contributed by atoms with Gasteiger partial charge < -0.3 is 9.90 Å². The molecule has 0 bridgehead atoms. The number of carboxylic acids is 1. The van der Waals surface area contributed by atoms with Gasteiger partial charge in [-0.05, 0) is 48.4 Å². The average Bonchev–Trinajstić information content (AvgIpc) is 3.11. The molecule has 0 unspecified atom stereocenters. The van der Waals surface area contributed by atoms with E-state index in [0.717, 1.165) is 16.6 Å². The van der Waals surface area contributed by atoms with Crippen molar-refractivity contribution in [3.63, 3.8) is 0 Å². The third kappa shape index (κ3) is 2.94. The van der Waals surface area contributed by atoms with Gasteiger partial charge in [-0.1, -0.05) is 18.2 Å². The van der Waals surface area contributed by atoms with Gasteiger partial charge >= 0.3 is 5.69 Å². The SMILES string of the molecule is CC1=NN(c2ccc(C(=O)[O-])cc2)C(=O)/C1=C\c1ccc2c(c1)n(C)c(=O)n2C. The molecule has 0 aliphatic carbocycles. The number of fused-ring (bicyclic) bond motifs is 1. The third-order valence-corrected chi connectivity index (χ3v) is 5.02. The number of nitrogens with zero attached hydrogens (tertiary/aromatic N) is 4. The number of imidazole rings is 1. The van der Waals surface area contributed by atoms with Crippen LogP contribution in [0.3, 0.4) is 0 Å². The number of benzene rings is 2. The molecule has 29 heavy (non-hydrogen) atoms. The number of carboxylic acid groups (broad SMARTS) is 1. The Morgan fingerprint density at radius 1 is 1.00 bits per heavy atom. The largest absolute Gasteiger partial charge is 0.545 e. The number of hydrazone groups is 1. The highest BCUT2D eigenvalue weighted by Gasteiger charge is 2.28. The number of carbonyl (C=O) groups excluding carboxylic acids is 2. The van der Waals surface area contributed by atoms with Crippen LogP contribution in [0.5, 0.6) is 0 Å². The second kappa shape index (κ2) is 6.59. The number of hydrogen-bond acceptors (Lipinski definition) is 5. The quantitative estimate of drug-likeness (QED) is 0.625. The zero-order valence-electron chi connectivity index (χ0n) is 16.0. The van der Waals surface area contributed by atoms with Crippen LogP contribution in [0, 0.1) is 0 Å². The monoisotopic (exact) mass is 389 g/mol. The number of aryl methyl sites for hydroxylation is 2. The molecule has 1 aliphatic heterocycles. The lowest BCUT2D eigenvalue weighted by Gasteiger charge is -2.12. The molecule has 2 aromatic carbocycles.